The van der Waals surface area contributed by atoms with Crippen molar-refractivity contribution >= 4 is 7.28 Å². The Bertz CT molecular complexity index is 50.3. The van der Waals surface area contributed by atoms with Gasteiger partial charge in [0.2, 0.25) is 0 Å². The van der Waals surface area contributed by atoms with E-state index < -0.39 is 0 Å². The summed E-state index contributed by atoms with van der Waals surface area (Å²) in [5.74, 6) is 1.81. The second-order valence-corrected chi connectivity index (χ2v) is 3.14. The van der Waals surface area contributed by atoms with Gasteiger partial charge in [-0.15, -0.1) is 0 Å². The molecule has 0 amide bonds. The minimum atomic E-state index is 0.880. The van der Waals surface area contributed by atoms with Gasteiger partial charge in [-0.3, -0.25) is 0 Å². The molecule has 0 saturated heterocycles. The monoisotopic (exact) mass is 112 g/mol. The first-order chi connectivity index (χ1) is 3.66. The van der Waals surface area contributed by atoms with Crippen molar-refractivity contribution in [3.8, 4) is 0 Å². The highest BCUT2D eigenvalue weighted by atomic mass is 13.9. The van der Waals surface area contributed by atoms with Crippen LogP contribution in [0.2, 0.25) is 11.6 Å². The molecule has 0 N–H and O–H groups in total. The Hall–Kier alpha value is 0.0649. The summed E-state index contributed by atoms with van der Waals surface area (Å²) in [7, 11) is 1.39. The van der Waals surface area contributed by atoms with Crippen molar-refractivity contribution in [1.82, 2.24) is 0 Å². The Labute approximate surface area is 53.9 Å². The van der Waals surface area contributed by atoms with Gasteiger partial charge in [0.15, 0.2) is 0 Å². The lowest BCUT2D eigenvalue weighted by Crippen LogP contribution is -2.01. The molecular formula is C7H17B. The van der Waals surface area contributed by atoms with Gasteiger partial charge >= 0.3 is 0 Å². The van der Waals surface area contributed by atoms with Crippen molar-refractivity contribution in [3.05, 3.63) is 0 Å². The van der Waals surface area contributed by atoms with E-state index in [2.05, 4.69) is 27.7 Å². The Morgan fingerprint density at radius 2 is 1.75 bits per heavy atom. The van der Waals surface area contributed by atoms with Gasteiger partial charge in [0, 0.05) is 0 Å². The molecule has 0 fully saturated rings. The molecule has 0 heterocycles. The Morgan fingerprint density at radius 1 is 1.25 bits per heavy atom. The molecule has 0 spiro atoms. The fourth-order valence-electron chi connectivity index (χ4n) is 0.971. The van der Waals surface area contributed by atoms with Crippen LogP contribution < -0.4 is 0 Å². The molecule has 1 heteroatoms. The van der Waals surface area contributed by atoms with Crippen LogP contribution in [0.5, 0.6) is 0 Å². The number of hydrogen-bond acceptors (Lipinski definition) is 0. The third-order valence-electron chi connectivity index (χ3n) is 1.57. The molecular weight excluding hydrogens is 94.9 g/mol. The van der Waals surface area contributed by atoms with E-state index >= 15 is 0 Å². The van der Waals surface area contributed by atoms with E-state index in [0.717, 1.165) is 11.6 Å². The molecule has 0 aliphatic rings. The maximum Gasteiger partial charge on any atom is 0.126 e. The van der Waals surface area contributed by atoms with Crippen molar-refractivity contribution in [2.75, 3.05) is 0 Å². The minimum Gasteiger partial charge on any atom is -0.0710 e. The average Bonchev–Trinajstić information content (AvgIpc) is 1.65. The zero-order valence-electron chi connectivity index (χ0n) is 6.57. The van der Waals surface area contributed by atoms with Gasteiger partial charge in [-0.1, -0.05) is 45.8 Å². The van der Waals surface area contributed by atoms with E-state index in [0.29, 0.717) is 0 Å². The summed E-state index contributed by atoms with van der Waals surface area (Å²) in [6, 6.07) is 0. The van der Waals surface area contributed by atoms with Gasteiger partial charge in [0.05, 0.1) is 0 Å². The van der Waals surface area contributed by atoms with Crippen LogP contribution in [0.25, 0.3) is 0 Å². The second kappa shape index (κ2) is 4.00. The van der Waals surface area contributed by atoms with Crippen LogP contribution in [0.15, 0.2) is 0 Å². The van der Waals surface area contributed by atoms with E-state index in [-0.39, 0.29) is 0 Å². The van der Waals surface area contributed by atoms with E-state index in [1.165, 1.54) is 13.7 Å². The third-order valence-corrected chi connectivity index (χ3v) is 1.57. The lowest BCUT2D eigenvalue weighted by atomic mass is 9.56. The van der Waals surface area contributed by atoms with Crippen molar-refractivity contribution in [1.29, 1.82) is 0 Å². The summed E-state index contributed by atoms with van der Waals surface area (Å²) in [4.78, 5) is 0. The minimum absolute atomic E-state index is 0.880. The first kappa shape index (κ1) is 8.06. The normalized spacial score (nSPS) is 14.1. The lowest BCUT2D eigenvalue weighted by Gasteiger charge is -2.07. The molecule has 0 aliphatic carbocycles. The Morgan fingerprint density at radius 3 is 1.88 bits per heavy atom. The quantitative estimate of drug-likeness (QED) is 0.492. The molecule has 0 nitrogen and oxygen atoms in total. The van der Waals surface area contributed by atoms with Crippen molar-refractivity contribution < 1.29 is 0 Å². The molecule has 1 unspecified atom stereocenters. The van der Waals surface area contributed by atoms with Crippen LogP contribution in [-0.2, 0) is 0 Å². The fraction of sp³-hybridized carbons (Fsp3) is 1.00. The molecule has 8 heavy (non-hydrogen) atoms. The van der Waals surface area contributed by atoms with Crippen LogP contribution in [0.1, 0.15) is 34.1 Å². The molecule has 1 atom stereocenters. The molecule has 0 aromatic heterocycles. The summed E-state index contributed by atoms with van der Waals surface area (Å²) in [6.07, 6.45) is 1.33. The van der Waals surface area contributed by atoms with Gasteiger partial charge in [-0.25, -0.2) is 0 Å². The Kier molecular flexibility index (Phi) is 4.03. The molecule has 0 radical (unpaired) electrons. The van der Waals surface area contributed by atoms with E-state index in [1.807, 2.05) is 0 Å². The van der Waals surface area contributed by atoms with Crippen LogP contribution >= 0.6 is 0 Å². The first-order valence-electron chi connectivity index (χ1n) is 3.66. The zero-order valence-corrected chi connectivity index (χ0v) is 6.57. The molecule has 48 valence electrons. The SMILES string of the molecule is CCC(C)BC(C)C. The van der Waals surface area contributed by atoms with Gasteiger partial charge in [-0.2, -0.15) is 0 Å². The molecule has 0 aromatic rings. The predicted octanol–water partition coefficient (Wildman–Crippen LogP) is 2.47. The highest BCUT2D eigenvalue weighted by Crippen LogP contribution is 2.13. The largest absolute Gasteiger partial charge is 0.126 e. The van der Waals surface area contributed by atoms with Gasteiger partial charge in [0.25, 0.3) is 0 Å². The van der Waals surface area contributed by atoms with E-state index in [9.17, 15) is 0 Å². The molecule has 0 aliphatic heterocycles. The van der Waals surface area contributed by atoms with Crippen LogP contribution in [0.4, 0.5) is 0 Å². The summed E-state index contributed by atoms with van der Waals surface area (Å²) >= 11 is 0. The summed E-state index contributed by atoms with van der Waals surface area (Å²) in [5, 5.41) is 0. The number of rotatable bonds is 3. The standard InChI is InChI=1S/C7H17B/c1-5-7(4)8-6(2)3/h6-8H,5H2,1-4H3. The van der Waals surface area contributed by atoms with Crippen molar-refractivity contribution in [2.45, 2.75) is 45.8 Å². The second-order valence-electron chi connectivity index (χ2n) is 3.14. The molecule has 0 saturated carbocycles. The topological polar surface area (TPSA) is 0 Å². The lowest BCUT2D eigenvalue weighted by molar-refractivity contribution is 0.845. The smallest absolute Gasteiger partial charge is 0.0710 e. The maximum absolute atomic E-state index is 2.32. The highest BCUT2D eigenvalue weighted by molar-refractivity contribution is 6.39. The van der Waals surface area contributed by atoms with Crippen LogP contribution in [-0.4, -0.2) is 7.28 Å². The van der Waals surface area contributed by atoms with E-state index in [1.54, 1.807) is 0 Å². The summed E-state index contributed by atoms with van der Waals surface area (Å²) in [6.45, 7) is 9.14. The van der Waals surface area contributed by atoms with Gasteiger partial charge in [-0.05, 0) is 0 Å². The molecule has 0 rings (SSSR count). The molecule has 0 bridgehead atoms. The van der Waals surface area contributed by atoms with Crippen LogP contribution in [0, 0.1) is 0 Å². The summed E-state index contributed by atoms with van der Waals surface area (Å²) in [5.41, 5.74) is 0. The maximum atomic E-state index is 2.32. The third kappa shape index (κ3) is 4.23. The highest BCUT2D eigenvalue weighted by Gasteiger charge is 2.02. The van der Waals surface area contributed by atoms with Gasteiger partial charge < -0.3 is 0 Å². The Balaban J connectivity index is 3.10. The average molecular weight is 112 g/mol. The van der Waals surface area contributed by atoms with Crippen molar-refractivity contribution in [3.63, 3.8) is 0 Å². The van der Waals surface area contributed by atoms with E-state index in [4.69, 9.17) is 0 Å². The fourth-order valence-corrected chi connectivity index (χ4v) is 0.971. The van der Waals surface area contributed by atoms with Gasteiger partial charge in [0.1, 0.15) is 7.28 Å². The van der Waals surface area contributed by atoms with Crippen LogP contribution in [0.3, 0.4) is 0 Å². The first-order valence-corrected chi connectivity index (χ1v) is 3.66. The van der Waals surface area contributed by atoms with Crippen molar-refractivity contribution in [2.24, 2.45) is 0 Å². The predicted molar refractivity (Wildman–Crippen MR) is 42.0 cm³/mol. The summed E-state index contributed by atoms with van der Waals surface area (Å²) < 4.78 is 0. The zero-order chi connectivity index (χ0) is 6.57. The molecule has 0 aromatic carbocycles. The number of hydrogen-bond donors (Lipinski definition) is 0.